The number of allylic oxidation sites excluding steroid dienone is 1. The van der Waals surface area contributed by atoms with Gasteiger partial charge in [0, 0.05) is 4.88 Å². The lowest BCUT2D eigenvalue weighted by atomic mass is 10.0. The molecule has 6 nitrogen and oxygen atoms in total. The summed E-state index contributed by atoms with van der Waals surface area (Å²) in [7, 11) is 0. The van der Waals surface area contributed by atoms with Crippen molar-refractivity contribution in [2.45, 2.75) is 32.9 Å². The first-order chi connectivity index (χ1) is 14.3. The Balaban J connectivity index is 1.91. The average molecular weight is 441 g/mol. The van der Waals surface area contributed by atoms with Gasteiger partial charge in [-0.05, 0) is 56.0 Å². The Morgan fingerprint density at radius 3 is 2.63 bits per heavy atom. The topological polar surface area (TPSA) is 80.9 Å². The molecule has 4 rings (SSSR count). The van der Waals surface area contributed by atoms with E-state index in [4.69, 9.17) is 4.74 Å². The van der Waals surface area contributed by atoms with Gasteiger partial charge in [0.05, 0.1) is 21.9 Å². The zero-order valence-corrected chi connectivity index (χ0v) is 18.3. The number of carbonyl (C=O) groups is 1. The van der Waals surface area contributed by atoms with Crippen LogP contribution in [0.3, 0.4) is 0 Å². The van der Waals surface area contributed by atoms with Crippen molar-refractivity contribution in [3.63, 3.8) is 0 Å². The molecule has 0 radical (unpaired) electrons. The summed E-state index contributed by atoms with van der Waals surface area (Å²) in [5, 5.41) is 11.4. The molecule has 30 heavy (non-hydrogen) atoms. The van der Waals surface area contributed by atoms with Gasteiger partial charge in [-0.3, -0.25) is 9.36 Å². The Kier molecular flexibility index (Phi) is 5.44. The van der Waals surface area contributed by atoms with Gasteiger partial charge in [-0.1, -0.05) is 29.5 Å². The Labute approximate surface area is 180 Å². The van der Waals surface area contributed by atoms with Crippen molar-refractivity contribution in [3.8, 4) is 5.75 Å². The van der Waals surface area contributed by atoms with Crippen LogP contribution in [0.25, 0.3) is 6.08 Å². The number of hydrogen-bond acceptors (Lipinski definition) is 7. The highest BCUT2D eigenvalue weighted by Crippen LogP contribution is 2.33. The third kappa shape index (κ3) is 3.76. The molecule has 0 amide bonds. The molecule has 2 aromatic heterocycles. The van der Waals surface area contributed by atoms with Crippen LogP contribution < -0.4 is 14.9 Å². The number of aromatic nitrogens is 1. The summed E-state index contributed by atoms with van der Waals surface area (Å²) in [6.07, 6.45) is 1.49. The van der Waals surface area contributed by atoms with Gasteiger partial charge in [0.2, 0.25) is 0 Å². The van der Waals surface area contributed by atoms with Crippen LogP contribution in [-0.4, -0.2) is 21.7 Å². The third-order valence-corrected chi connectivity index (χ3v) is 6.50. The summed E-state index contributed by atoms with van der Waals surface area (Å²) in [4.78, 5) is 32.2. The quantitative estimate of drug-likeness (QED) is 0.633. The van der Waals surface area contributed by atoms with E-state index in [1.54, 1.807) is 55.7 Å². The molecule has 1 aromatic carbocycles. The average Bonchev–Trinajstić information content (AvgIpc) is 3.31. The van der Waals surface area contributed by atoms with E-state index in [1.807, 2.05) is 17.5 Å². The van der Waals surface area contributed by atoms with Gasteiger partial charge >= 0.3 is 5.97 Å². The highest BCUT2D eigenvalue weighted by Gasteiger charge is 2.34. The second-order valence-corrected chi connectivity index (χ2v) is 9.13. The monoisotopic (exact) mass is 440 g/mol. The number of phenolic OH excluding ortho intramolecular Hbond substituents is 1. The molecule has 154 valence electrons. The van der Waals surface area contributed by atoms with Crippen LogP contribution in [0.5, 0.6) is 5.75 Å². The Hall–Kier alpha value is -2.97. The first-order valence-electron chi connectivity index (χ1n) is 9.41. The van der Waals surface area contributed by atoms with Gasteiger partial charge in [-0.15, -0.1) is 11.3 Å². The summed E-state index contributed by atoms with van der Waals surface area (Å²) in [5.41, 5.74) is 1.51. The molecule has 0 bridgehead atoms. The molecule has 3 heterocycles. The standard InChI is InChI=1S/C22H20N2O4S2/c1-12(2)28-21(27)18-13(3)23-22-24(19(18)16-5-4-10-29-16)20(26)17(30-22)11-14-6-8-15(25)9-7-14/h4-12,19,25H,1-3H3. The van der Waals surface area contributed by atoms with Crippen LogP contribution in [0, 0.1) is 0 Å². The molecular formula is C22H20N2O4S2. The van der Waals surface area contributed by atoms with Crippen molar-refractivity contribution in [1.29, 1.82) is 0 Å². The molecule has 0 aliphatic carbocycles. The fourth-order valence-corrected chi connectivity index (χ4v) is 5.17. The molecule has 1 atom stereocenters. The molecular weight excluding hydrogens is 420 g/mol. The molecule has 0 fully saturated rings. The summed E-state index contributed by atoms with van der Waals surface area (Å²) in [5.74, 6) is -0.298. The summed E-state index contributed by atoms with van der Waals surface area (Å²) in [6.45, 7) is 5.36. The van der Waals surface area contributed by atoms with Crippen molar-refractivity contribution < 1.29 is 14.6 Å². The van der Waals surface area contributed by atoms with Crippen molar-refractivity contribution in [1.82, 2.24) is 4.57 Å². The van der Waals surface area contributed by atoms with E-state index < -0.39 is 12.0 Å². The van der Waals surface area contributed by atoms with E-state index in [9.17, 15) is 14.7 Å². The molecule has 1 N–H and O–H groups in total. The molecule has 1 unspecified atom stereocenters. The van der Waals surface area contributed by atoms with Crippen LogP contribution in [0.15, 0.2) is 62.8 Å². The molecule has 3 aromatic rings. The van der Waals surface area contributed by atoms with Gasteiger partial charge in [0.15, 0.2) is 4.80 Å². The number of esters is 1. The van der Waals surface area contributed by atoms with Crippen molar-refractivity contribution in [3.05, 3.63) is 83.2 Å². The molecule has 0 saturated carbocycles. The number of phenols is 1. The fraction of sp³-hybridized carbons (Fsp3) is 0.227. The minimum absolute atomic E-state index is 0.162. The molecule has 1 aliphatic rings. The van der Waals surface area contributed by atoms with E-state index in [1.165, 1.54) is 22.7 Å². The predicted molar refractivity (Wildman–Crippen MR) is 117 cm³/mol. The van der Waals surface area contributed by atoms with Gasteiger partial charge < -0.3 is 9.84 Å². The van der Waals surface area contributed by atoms with Crippen LogP contribution in [0.4, 0.5) is 0 Å². The van der Waals surface area contributed by atoms with Crippen molar-refractivity contribution in [2.24, 2.45) is 4.99 Å². The summed E-state index contributed by atoms with van der Waals surface area (Å²) < 4.78 is 7.54. The van der Waals surface area contributed by atoms with Gasteiger partial charge in [0.1, 0.15) is 11.8 Å². The smallest absolute Gasteiger partial charge is 0.338 e. The van der Waals surface area contributed by atoms with Gasteiger partial charge in [0.25, 0.3) is 5.56 Å². The molecule has 8 heteroatoms. The third-order valence-electron chi connectivity index (χ3n) is 4.59. The fourth-order valence-electron chi connectivity index (χ4n) is 3.30. The van der Waals surface area contributed by atoms with Crippen LogP contribution in [-0.2, 0) is 9.53 Å². The zero-order valence-electron chi connectivity index (χ0n) is 16.7. The lowest BCUT2D eigenvalue weighted by Gasteiger charge is -2.24. The number of thiophene rings is 1. The molecule has 0 saturated heterocycles. The number of carbonyl (C=O) groups excluding carboxylic acids is 1. The number of benzene rings is 1. The Morgan fingerprint density at radius 2 is 2.00 bits per heavy atom. The number of aromatic hydroxyl groups is 1. The van der Waals surface area contributed by atoms with Crippen LogP contribution in [0.1, 0.15) is 37.3 Å². The second-order valence-electron chi connectivity index (χ2n) is 7.14. The van der Waals surface area contributed by atoms with Gasteiger partial charge in [-0.25, -0.2) is 9.79 Å². The first-order valence-corrected chi connectivity index (χ1v) is 11.1. The number of rotatable bonds is 4. The lowest BCUT2D eigenvalue weighted by molar-refractivity contribution is -0.143. The van der Waals surface area contributed by atoms with E-state index in [2.05, 4.69) is 4.99 Å². The molecule has 1 aliphatic heterocycles. The summed E-state index contributed by atoms with van der Waals surface area (Å²) in [6, 6.07) is 9.85. The van der Waals surface area contributed by atoms with Gasteiger partial charge in [-0.2, -0.15) is 0 Å². The van der Waals surface area contributed by atoms with E-state index in [-0.39, 0.29) is 17.4 Å². The zero-order chi connectivity index (χ0) is 21.4. The maximum atomic E-state index is 13.4. The summed E-state index contributed by atoms with van der Waals surface area (Å²) >= 11 is 2.76. The number of nitrogens with zero attached hydrogens (tertiary/aromatic N) is 2. The van der Waals surface area contributed by atoms with Crippen LogP contribution >= 0.6 is 22.7 Å². The highest BCUT2D eigenvalue weighted by atomic mass is 32.1. The number of thiazole rings is 1. The van der Waals surface area contributed by atoms with Crippen molar-refractivity contribution in [2.75, 3.05) is 0 Å². The Morgan fingerprint density at radius 1 is 1.27 bits per heavy atom. The van der Waals surface area contributed by atoms with E-state index in [0.29, 0.717) is 20.6 Å². The molecule has 0 spiro atoms. The van der Waals surface area contributed by atoms with E-state index in [0.717, 1.165) is 10.4 Å². The maximum absolute atomic E-state index is 13.4. The predicted octanol–water partition coefficient (Wildman–Crippen LogP) is 2.95. The maximum Gasteiger partial charge on any atom is 0.338 e. The lowest BCUT2D eigenvalue weighted by Crippen LogP contribution is -2.39. The highest BCUT2D eigenvalue weighted by molar-refractivity contribution is 7.10. The minimum atomic E-state index is -0.575. The number of hydrogen-bond donors (Lipinski definition) is 1. The number of ether oxygens (including phenoxy) is 1. The van der Waals surface area contributed by atoms with Crippen molar-refractivity contribution >= 4 is 34.7 Å². The Bertz CT molecular complexity index is 1300. The largest absolute Gasteiger partial charge is 0.508 e. The second kappa shape index (κ2) is 8.04. The normalized spacial score (nSPS) is 16.5. The first kappa shape index (κ1) is 20.3. The van der Waals surface area contributed by atoms with E-state index >= 15 is 0 Å². The minimum Gasteiger partial charge on any atom is -0.508 e. The van der Waals surface area contributed by atoms with Crippen LogP contribution in [0.2, 0.25) is 0 Å². The number of fused-ring (bicyclic) bond motifs is 1. The SMILES string of the molecule is CC1=C(C(=O)OC(C)C)C(c2cccs2)n2c(sc(=Cc3ccc(O)cc3)c2=O)=N1.